The van der Waals surface area contributed by atoms with Crippen LogP contribution in [0.15, 0.2) is 24.3 Å². The zero-order valence-corrected chi connectivity index (χ0v) is 9.23. The van der Waals surface area contributed by atoms with E-state index in [1.165, 1.54) is 6.07 Å². The number of nitrogens with two attached hydrogens (primary N) is 1. The molecule has 1 aliphatic heterocycles. The van der Waals surface area contributed by atoms with Crippen LogP contribution >= 0.6 is 0 Å². The smallest absolute Gasteiger partial charge is 0.125 e. The van der Waals surface area contributed by atoms with Gasteiger partial charge in [0, 0.05) is 25.3 Å². The molecule has 1 aromatic rings. The molecular weight excluding hydrogens is 207 g/mol. The Morgan fingerprint density at radius 2 is 2.38 bits per heavy atom. The lowest BCUT2D eigenvalue weighted by Crippen LogP contribution is -2.24. The van der Waals surface area contributed by atoms with Crippen LogP contribution in [0.5, 0.6) is 0 Å². The fraction of sp³-hybridized carbons (Fsp3) is 0.500. The summed E-state index contributed by atoms with van der Waals surface area (Å²) in [7, 11) is 0. The fourth-order valence-corrected chi connectivity index (χ4v) is 2.01. The number of hydrogen-bond acceptors (Lipinski definition) is 3. The number of nitrogens with zero attached hydrogens (tertiary/aromatic N) is 1. The van der Waals surface area contributed by atoms with Gasteiger partial charge in [-0.05, 0) is 24.6 Å². The number of anilines is 1. The second-order valence-corrected chi connectivity index (χ2v) is 4.00. The molecule has 0 bridgehead atoms. The third-order valence-electron chi connectivity index (χ3n) is 2.79. The number of ether oxygens (including phenoxy) is 1. The molecule has 1 atom stereocenters. The Labute approximate surface area is 95.0 Å². The van der Waals surface area contributed by atoms with Gasteiger partial charge < -0.3 is 15.4 Å². The maximum atomic E-state index is 13.0. The predicted octanol–water partition coefficient (Wildman–Crippen LogP) is 1.38. The van der Waals surface area contributed by atoms with Gasteiger partial charge >= 0.3 is 0 Å². The molecule has 16 heavy (non-hydrogen) atoms. The van der Waals surface area contributed by atoms with Crippen LogP contribution in [0, 0.1) is 5.82 Å². The molecule has 2 N–H and O–H groups in total. The Hall–Kier alpha value is -1.13. The normalized spacial score (nSPS) is 20.4. The van der Waals surface area contributed by atoms with Crippen molar-refractivity contribution in [2.45, 2.75) is 12.5 Å². The van der Waals surface area contributed by atoms with E-state index in [2.05, 4.69) is 4.90 Å². The third-order valence-corrected chi connectivity index (χ3v) is 2.79. The highest BCUT2D eigenvalue weighted by Crippen LogP contribution is 2.22. The van der Waals surface area contributed by atoms with E-state index >= 15 is 0 Å². The zero-order chi connectivity index (χ0) is 11.4. The van der Waals surface area contributed by atoms with Crippen LogP contribution in [-0.2, 0) is 4.74 Å². The van der Waals surface area contributed by atoms with Crippen LogP contribution < -0.4 is 10.6 Å². The van der Waals surface area contributed by atoms with Gasteiger partial charge in [0.25, 0.3) is 0 Å². The lowest BCUT2D eigenvalue weighted by Gasteiger charge is -2.18. The van der Waals surface area contributed by atoms with Crippen molar-refractivity contribution in [3.63, 3.8) is 0 Å². The van der Waals surface area contributed by atoms with Crippen molar-refractivity contribution in [3.8, 4) is 0 Å². The highest BCUT2D eigenvalue weighted by atomic mass is 19.1. The topological polar surface area (TPSA) is 38.5 Å². The van der Waals surface area contributed by atoms with Gasteiger partial charge in [0.05, 0.1) is 12.7 Å². The molecule has 1 heterocycles. The van der Waals surface area contributed by atoms with Crippen molar-refractivity contribution < 1.29 is 9.13 Å². The highest BCUT2D eigenvalue weighted by molar-refractivity contribution is 5.47. The summed E-state index contributed by atoms with van der Waals surface area (Å²) in [5.74, 6) is -0.191. The van der Waals surface area contributed by atoms with Crippen molar-refractivity contribution in [1.29, 1.82) is 0 Å². The first-order valence-corrected chi connectivity index (χ1v) is 5.62. The van der Waals surface area contributed by atoms with E-state index in [0.29, 0.717) is 13.2 Å². The number of hydrogen-bond donors (Lipinski definition) is 1. The lowest BCUT2D eigenvalue weighted by atomic mass is 10.3. The molecule has 2 rings (SSSR count). The van der Waals surface area contributed by atoms with Crippen LogP contribution in [0.3, 0.4) is 0 Å². The quantitative estimate of drug-likeness (QED) is 0.839. The van der Waals surface area contributed by atoms with Crippen LogP contribution in [0.25, 0.3) is 0 Å². The maximum absolute atomic E-state index is 13.0. The van der Waals surface area contributed by atoms with Crippen LogP contribution in [0.1, 0.15) is 6.42 Å². The Balaban J connectivity index is 1.93. The van der Waals surface area contributed by atoms with E-state index in [1.807, 2.05) is 6.07 Å². The largest absolute Gasteiger partial charge is 0.375 e. The second kappa shape index (κ2) is 5.27. The van der Waals surface area contributed by atoms with Gasteiger partial charge in [-0.1, -0.05) is 6.07 Å². The standard InChI is InChI=1S/C12H17FN2O/c13-10-2-1-3-11(8-10)15-6-4-12(9-15)16-7-5-14/h1-3,8,12H,4-7,9,14H2. The number of halogens is 1. The van der Waals surface area contributed by atoms with Crippen molar-refractivity contribution in [3.05, 3.63) is 30.1 Å². The molecule has 0 saturated carbocycles. The average Bonchev–Trinajstić information content (AvgIpc) is 2.75. The van der Waals surface area contributed by atoms with E-state index in [0.717, 1.165) is 25.2 Å². The first kappa shape index (κ1) is 11.4. The van der Waals surface area contributed by atoms with Gasteiger partial charge in [0.1, 0.15) is 5.82 Å². The fourth-order valence-electron chi connectivity index (χ4n) is 2.01. The summed E-state index contributed by atoms with van der Waals surface area (Å²) in [4.78, 5) is 2.14. The zero-order valence-electron chi connectivity index (χ0n) is 9.23. The molecule has 1 saturated heterocycles. The van der Waals surface area contributed by atoms with Gasteiger partial charge in [0.15, 0.2) is 0 Å². The monoisotopic (exact) mass is 224 g/mol. The lowest BCUT2D eigenvalue weighted by molar-refractivity contribution is 0.0742. The summed E-state index contributed by atoms with van der Waals surface area (Å²) in [6.07, 6.45) is 1.21. The van der Waals surface area contributed by atoms with Crippen LogP contribution in [-0.4, -0.2) is 32.3 Å². The molecule has 1 fully saturated rings. The summed E-state index contributed by atoms with van der Waals surface area (Å²) in [6.45, 7) is 2.89. The first-order chi connectivity index (χ1) is 7.79. The molecule has 0 radical (unpaired) electrons. The van der Waals surface area contributed by atoms with Gasteiger partial charge in [-0.2, -0.15) is 0 Å². The average molecular weight is 224 g/mol. The van der Waals surface area contributed by atoms with E-state index in [1.54, 1.807) is 12.1 Å². The van der Waals surface area contributed by atoms with Crippen LogP contribution in [0.4, 0.5) is 10.1 Å². The molecule has 4 heteroatoms. The number of rotatable bonds is 4. The van der Waals surface area contributed by atoms with Crippen molar-refractivity contribution in [2.75, 3.05) is 31.1 Å². The maximum Gasteiger partial charge on any atom is 0.125 e. The Morgan fingerprint density at radius 3 is 3.12 bits per heavy atom. The molecular formula is C12H17FN2O. The Morgan fingerprint density at radius 1 is 1.50 bits per heavy atom. The van der Waals surface area contributed by atoms with Gasteiger partial charge in [0.2, 0.25) is 0 Å². The summed E-state index contributed by atoms with van der Waals surface area (Å²) < 4.78 is 18.6. The molecule has 0 spiro atoms. The van der Waals surface area contributed by atoms with E-state index < -0.39 is 0 Å². The highest BCUT2D eigenvalue weighted by Gasteiger charge is 2.23. The predicted molar refractivity (Wildman–Crippen MR) is 62.0 cm³/mol. The second-order valence-electron chi connectivity index (χ2n) is 4.00. The minimum Gasteiger partial charge on any atom is -0.375 e. The van der Waals surface area contributed by atoms with Gasteiger partial charge in [-0.15, -0.1) is 0 Å². The Kier molecular flexibility index (Phi) is 3.74. The minimum atomic E-state index is -0.191. The van der Waals surface area contributed by atoms with Crippen molar-refractivity contribution in [2.24, 2.45) is 5.73 Å². The molecule has 1 aromatic carbocycles. The van der Waals surface area contributed by atoms with E-state index in [-0.39, 0.29) is 11.9 Å². The third kappa shape index (κ3) is 2.71. The van der Waals surface area contributed by atoms with Gasteiger partial charge in [-0.25, -0.2) is 4.39 Å². The molecule has 88 valence electrons. The summed E-state index contributed by atoms with van der Waals surface area (Å²) >= 11 is 0. The SMILES string of the molecule is NCCOC1CCN(c2cccc(F)c2)C1. The first-order valence-electron chi connectivity index (χ1n) is 5.62. The number of benzene rings is 1. The molecule has 0 amide bonds. The molecule has 3 nitrogen and oxygen atoms in total. The summed E-state index contributed by atoms with van der Waals surface area (Å²) in [5, 5.41) is 0. The van der Waals surface area contributed by atoms with Crippen LogP contribution in [0.2, 0.25) is 0 Å². The molecule has 1 aliphatic rings. The molecule has 0 aliphatic carbocycles. The minimum absolute atomic E-state index is 0.191. The van der Waals surface area contributed by atoms with Crippen molar-refractivity contribution >= 4 is 5.69 Å². The molecule has 1 unspecified atom stereocenters. The van der Waals surface area contributed by atoms with Crippen molar-refractivity contribution in [1.82, 2.24) is 0 Å². The van der Waals surface area contributed by atoms with E-state index in [9.17, 15) is 4.39 Å². The molecule has 0 aromatic heterocycles. The van der Waals surface area contributed by atoms with Gasteiger partial charge in [-0.3, -0.25) is 0 Å². The van der Waals surface area contributed by atoms with E-state index in [4.69, 9.17) is 10.5 Å². The Bertz CT molecular complexity index is 346. The summed E-state index contributed by atoms with van der Waals surface area (Å²) in [5.41, 5.74) is 6.31. The summed E-state index contributed by atoms with van der Waals surface area (Å²) in [6, 6.07) is 6.68.